The van der Waals surface area contributed by atoms with Crippen LogP contribution in [0.3, 0.4) is 0 Å². The topological polar surface area (TPSA) is 86.0 Å². The van der Waals surface area contributed by atoms with E-state index < -0.39 is 5.82 Å². The first-order valence-electron chi connectivity index (χ1n) is 6.57. The molecular formula is C14H11ClFN5O2. The van der Waals surface area contributed by atoms with Crippen molar-refractivity contribution in [3.8, 4) is 5.75 Å². The smallest absolute Gasteiger partial charge is 0.264 e. The molecule has 0 atom stereocenters. The number of nitrogens with zero attached hydrogens (tertiary/aromatic N) is 4. The Morgan fingerprint density at radius 3 is 2.74 bits per heavy atom. The minimum Gasteiger partial charge on any atom is -0.484 e. The number of ether oxygens (including phenoxy) is 1. The third kappa shape index (κ3) is 3.92. The van der Waals surface area contributed by atoms with Crippen LogP contribution in [0.4, 0.5) is 15.9 Å². The number of halogens is 2. The number of rotatable bonds is 5. The zero-order valence-corrected chi connectivity index (χ0v) is 12.7. The Hall–Kier alpha value is -2.74. The lowest BCUT2D eigenvalue weighted by molar-refractivity contribution is 0.242. The minimum absolute atomic E-state index is 0.00000325. The molecule has 118 valence electrons. The van der Waals surface area contributed by atoms with Gasteiger partial charge in [0.25, 0.3) is 5.89 Å². The van der Waals surface area contributed by atoms with Crippen LogP contribution in [-0.2, 0) is 6.61 Å². The maximum Gasteiger partial charge on any atom is 0.264 e. The van der Waals surface area contributed by atoms with Gasteiger partial charge >= 0.3 is 0 Å². The van der Waals surface area contributed by atoms with Crippen LogP contribution in [0.15, 0.2) is 35.0 Å². The van der Waals surface area contributed by atoms with Crippen LogP contribution in [0.1, 0.15) is 11.7 Å². The fourth-order valence-electron chi connectivity index (χ4n) is 1.75. The van der Waals surface area contributed by atoms with E-state index in [1.54, 1.807) is 31.2 Å². The van der Waals surface area contributed by atoms with Crippen molar-refractivity contribution in [1.82, 2.24) is 20.1 Å². The molecule has 2 aromatic heterocycles. The molecule has 0 aliphatic carbocycles. The van der Waals surface area contributed by atoms with Crippen molar-refractivity contribution in [1.29, 1.82) is 0 Å². The summed E-state index contributed by atoms with van der Waals surface area (Å²) in [5.41, 5.74) is 0.625. The minimum atomic E-state index is -0.596. The summed E-state index contributed by atoms with van der Waals surface area (Å²) < 4.78 is 24.0. The fraction of sp³-hybridized carbons (Fsp3) is 0.143. The van der Waals surface area contributed by atoms with Crippen molar-refractivity contribution in [2.45, 2.75) is 13.5 Å². The van der Waals surface area contributed by atoms with Crippen LogP contribution in [0.25, 0.3) is 0 Å². The van der Waals surface area contributed by atoms with Crippen LogP contribution in [0.5, 0.6) is 5.75 Å². The Morgan fingerprint density at radius 1 is 1.26 bits per heavy atom. The summed E-state index contributed by atoms with van der Waals surface area (Å²) in [5, 5.41) is 6.44. The molecule has 23 heavy (non-hydrogen) atoms. The zero-order chi connectivity index (χ0) is 16.2. The average molecular weight is 336 g/mol. The van der Waals surface area contributed by atoms with Crippen molar-refractivity contribution in [3.05, 3.63) is 53.3 Å². The van der Waals surface area contributed by atoms with Gasteiger partial charge in [0.15, 0.2) is 24.1 Å². The molecule has 0 amide bonds. The maximum absolute atomic E-state index is 13.6. The molecule has 0 saturated carbocycles. The number of aryl methyl sites for hydroxylation is 1. The SMILES string of the molecule is Cc1noc(COc2ccc(Nc3nc(Cl)ncc3F)cc2)n1. The molecule has 3 rings (SSSR count). The highest BCUT2D eigenvalue weighted by atomic mass is 35.5. The third-order valence-electron chi connectivity index (χ3n) is 2.76. The molecule has 1 aromatic carbocycles. The molecule has 0 aliphatic heterocycles. The van der Waals surface area contributed by atoms with E-state index in [2.05, 4.69) is 25.4 Å². The van der Waals surface area contributed by atoms with Gasteiger partial charge in [-0.25, -0.2) is 9.37 Å². The molecule has 9 heteroatoms. The lowest BCUT2D eigenvalue weighted by atomic mass is 10.3. The second-order valence-corrected chi connectivity index (χ2v) is 4.85. The summed E-state index contributed by atoms with van der Waals surface area (Å²) in [4.78, 5) is 11.4. The quantitative estimate of drug-likeness (QED) is 0.716. The van der Waals surface area contributed by atoms with Crippen molar-refractivity contribution >= 4 is 23.1 Å². The normalized spacial score (nSPS) is 10.6. The van der Waals surface area contributed by atoms with Gasteiger partial charge in [0.1, 0.15) is 5.75 Å². The Balaban J connectivity index is 1.63. The Labute approximate surface area is 135 Å². The lowest BCUT2D eigenvalue weighted by Crippen LogP contribution is -1.99. The van der Waals surface area contributed by atoms with Gasteiger partial charge in [-0.3, -0.25) is 0 Å². The van der Waals surface area contributed by atoms with Gasteiger partial charge in [0.2, 0.25) is 5.28 Å². The molecule has 0 radical (unpaired) electrons. The Morgan fingerprint density at radius 2 is 2.04 bits per heavy atom. The summed E-state index contributed by atoms with van der Waals surface area (Å²) in [6.45, 7) is 1.90. The lowest BCUT2D eigenvalue weighted by Gasteiger charge is -2.08. The van der Waals surface area contributed by atoms with Crippen LogP contribution in [0, 0.1) is 12.7 Å². The van der Waals surface area contributed by atoms with Crippen molar-refractivity contribution < 1.29 is 13.7 Å². The first kappa shape index (κ1) is 15.2. The Bertz CT molecular complexity index is 809. The van der Waals surface area contributed by atoms with Gasteiger partial charge in [-0.1, -0.05) is 5.16 Å². The standard InChI is InChI=1S/C14H11ClFN5O2/c1-8-18-12(23-21-8)7-22-10-4-2-9(3-5-10)19-13-11(16)6-17-14(15)20-13/h2-6H,7H2,1H3,(H,17,19,20). The highest BCUT2D eigenvalue weighted by Gasteiger charge is 2.07. The Kier molecular flexibility index (Phi) is 4.33. The zero-order valence-electron chi connectivity index (χ0n) is 12.0. The van der Waals surface area contributed by atoms with E-state index in [1.165, 1.54) is 0 Å². The number of anilines is 2. The third-order valence-corrected chi connectivity index (χ3v) is 2.95. The van der Waals surface area contributed by atoms with Gasteiger partial charge < -0.3 is 14.6 Å². The molecule has 7 nitrogen and oxygen atoms in total. The van der Waals surface area contributed by atoms with Crippen LogP contribution in [0.2, 0.25) is 5.28 Å². The van der Waals surface area contributed by atoms with E-state index in [9.17, 15) is 4.39 Å². The van der Waals surface area contributed by atoms with E-state index >= 15 is 0 Å². The molecule has 0 aliphatic rings. The summed E-state index contributed by atoms with van der Waals surface area (Å²) in [6, 6.07) is 6.85. The van der Waals surface area contributed by atoms with Gasteiger partial charge in [-0.05, 0) is 42.8 Å². The van der Waals surface area contributed by atoms with E-state index in [-0.39, 0.29) is 17.7 Å². The van der Waals surface area contributed by atoms with Crippen LogP contribution < -0.4 is 10.1 Å². The highest BCUT2D eigenvalue weighted by molar-refractivity contribution is 6.28. The van der Waals surface area contributed by atoms with Crippen molar-refractivity contribution in [2.75, 3.05) is 5.32 Å². The first-order chi connectivity index (χ1) is 11.1. The van der Waals surface area contributed by atoms with E-state index in [4.69, 9.17) is 20.9 Å². The number of benzene rings is 1. The van der Waals surface area contributed by atoms with Gasteiger partial charge in [0, 0.05) is 5.69 Å². The van der Waals surface area contributed by atoms with Crippen LogP contribution in [-0.4, -0.2) is 20.1 Å². The van der Waals surface area contributed by atoms with Crippen molar-refractivity contribution in [3.63, 3.8) is 0 Å². The van der Waals surface area contributed by atoms with E-state index in [0.717, 1.165) is 6.20 Å². The monoisotopic (exact) mass is 335 g/mol. The van der Waals surface area contributed by atoms with Gasteiger partial charge in [0.05, 0.1) is 6.20 Å². The average Bonchev–Trinajstić information content (AvgIpc) is 2.96. The van der Waals surface area contributed by atoms with Crippen LogP contribution >= 0.6 is 11.6 Å². The molecule has 2 heterocycles. The summed E-state index contributed by atoms with van der Waals surface area (Å²) in [7, 11) is 0. The molecule has 1 N–H and O–H groups in total. The number of nitrogens with one attached hydrogen (secondary N) is 1. The predicted molar refractivity (Wildman–Crippen MR) is 80.1 cm³/mol. The van der Waals surface area contributed by atoms with Gasteiger partial charge in [-0.15, -0.1) is 0 Å². The molecule has 3 aromatic rings. The van der Waals surface area contributed by atoms with Crippen molar-refractivity contribution in [2.24, 2.45) is 0 Å². The number of aromatic nitrogens is 4. The van der Waals surface area contributed by atoms with E-state index in [0.29, 0.717) is 23.2 Å². The molecular weight excluding hydrogens is 325 g/mol. The summed E-state index contributed by atoms with van der Waals surface area (Å²) >= 11 is 5.64. The predicted octanol–water partition coefficient (Wildman–Crippen LogP) is 3.28. The molecule has 0 spiro atoms. The second kappa shape index (κ2) is 6.57. The highest BCUT2D eigenvalue weighted by Crippen LogP contribution is 2.21. The molecule has 0 fully saturated rings. The molecule has 0 bridgehead atoms. The summed E-state index contributed by atoms with van der Waals surface area (Å²) in [6.07, 6.45) is 1.00. The second-order valence-electron chi connectivity index (χ2n) is 4.51. The first-order valence-corrected chi connectivity index (χ1v) is 6.95. The maximum atomic E-state index is 13.6. The summed E-state index contributed by atoms with van der Waals surface area (Å²) in [5.74, 6) is 0.949. The largest absolute Gasteiger partial charge is 0.484 e. The molecule has 0 unspecified atom stereocenters. The fourth-order valence-corrected chi connectivity index (χ4v) is 1.88. The molecule has 0 saturated heterocycles. The van der Waals surface area contributed by atoms with Gasteiger partial charge in [-0.2, -0.15) is 9.97 Å². The number of hydrogen-bond donors (Lipinski definition) is 1. The van der Waals surface area contributed by atoms with E-state index in [1.807, 2.05) is 0 Å². The number of hydrogen-bond acceptors (Lipinski definition) is 7.